The van der Waals surface area contributed by atoms with E-state index in [1.54, 1.807) is 11.3 Å². The molecule has 5 rings (SSSR count). The van der Waals surface area contributed by atoms with E-state index in [0.717, 1.165) is 29.0 Å². The fraction of sp³-hybridized carbons (Fsp3) is 0.261. The van der Waals surface area contributed by atoms with Gasteiger partial charge in [0.2, 0.25) is 5.91 Å². The van der Waals surface area contributed by atoms with Crippen LogP contribution in [0.3, 0.4) is 0 Å². The molecule has 0 saturated heterocycles. The summed E-state index contributed by atoms with van der Waals surface area (Å²) in [5.41, 5.74) is 1.34. The summed E-state index contributed by atoms with van der Waals surface area (Å²) in [6.45, 7) is -0.0954. The van der Waals surface area contributed by atoms with Gasteiger partial charge in [-0.25, -0.2) is 4.98 Å². The number of fused-ring (bicyclic) bond motifs is 1. The summed E-state index contributed by atoms with van der Waals surface area (Å²) < 4.78 is 7.32. The molecule has 1 aliphatic carbocycles. The summed E-state index contributed by atoms with van der Waals surface area (Å²) in [6, 6.07) is 11.3. The van der Waals surface area contributed by atoms with E-state index in [4.69, 9.17) is 4.74 Å². The Balaban J connectivity index is 1.29. The second-order valence-electron chi connectivity index (χ2n) is 7.58. The zero-order valence-corrected chi connectivity index (χ0v) is 18.4. The first-order chi connectivity index (χ1) is 15.2. The minimum Gasteiger partial charge on any atom is -0.490 e. The van der Waals surface area contributed by atoms with Gasteiger partial charge in [-0.2, -0.15) is 0 Å². The normalized spacial score (nSPS) is 14.2. The lowest BCUT2D eigenvalue weighted by molar-refractivity contribution is -0.116. The molecule has 3 aromatic heterocycles. The molecule has 0 bridgehead atoms. The van der Waals surface area contributed by atoms with Crippen LogP contribution in [0.25, 0.3) is 20.7 Å². The lowest BCUT2D eigenvalue weighted by atomic mass is 10.2. The van der Waals surface area contributed by atoms with Crippen molar-refractivity contribution in [2.24, 2.45) is 0 Å². The molecule has 1 fully saturated rings. The molecule has 8 heteroatoms. The van der Waals surface area contributed by atoms with Crippen LogP contribution < -0.4 is 15.6 Å². The molecule has 0 spiro atoms. The second kappa shape index (κ2) is 8.64. The third kappa shape index (κ3) is 4.26. The predicted molar refractivity (Wildman–Crippen MR) is 125 cm³/mol. The zero-order chi connectivity index (χ0) is 21.2. The number of carbonyl (C=O) groups is 1. The monoisotopic (exact) mass is 451 g/mol. The van der Waals surface area contributed by atoms with E-state index in [1.165, 1.54) is 35.1 Å². The molecule has 1 aliphatic rings. The minimum absolute atomic E-state index is 0.0954. The number of carbonyl (C=O) groups excluding carboxylic acids is 1. The highest BCUT2D eigenvalue weighted by Gasteiger charge is 2.17. The van der Waals surface area contributed by atoms with Crippen molar-refractivity contribution in [3.05, 3.63) is 63.8 Å². The summed E-state index contributed by atoms with van der Waals surface area (Å²) in [7, 11) is 0. The van der Waals surface area contributed by atoms with E-state index in [0.29, 0.717) is 22.0 Å². The molecule has 6 nitrogen and oxygen atoms in total. The van der Waals surface area contributed by atoms with Crippen LogP contribution >= 0.6 is 22.7 Å². The molecule has 0 unspecified atom stereocenters. The number of nitrogens with one attached hydrogen (secondary N) is 1. The van der Waals surface area contributed by atoms with Crippen LogP contribution in [0.4, 0.5) is 5.69 Å². The van der Waals surface area contributed by atoms with Gasteiger partial charge in [-0.1, -0.05) is 6.07 Å². The lowest BCUT2D eigenvalue weighted by Crippen LogP contribution is -2.27. The molecule has 4 aromatic rings. The van der Waals surface area contributed by atoms with Crippen LogP contribution in [0.5, 0.6) is 5.75 Å². The second-order valence-corrected chi connectivity index (χ2v) is 9.39. The Kier molecular flexibility index (Phi) is 5.57. The summed E-state index contributed by atoms with van der Waals surface area (Å²) >= 11 is 3.02. The van der Waals surface area contributed by atoms with Gasteiger partial charge in [0, 0.05) is 21.5 Å². The molecular weight excluding hydrogens is 430 g/mol. The highest BCUT2D eigenvalue weighted by atomic mass is 32.1. The standard InChI is InChI=1S/C23H21N3O3S2/c27-20(25-15-7-9-17(10-8-15)29-16-4-1-2-5-16)12-26-14-24-22-21(23(26)28)18(13-31-22)19-6-3-11-30-19/h3,6-11,13-14,16H,1-2,4-5,12H2,(H,25,27). The molecule has 1 saturated carbocycles. The van der Waals surface area contributed by atoms with E-state index in [1.807, 2.05) is 47.2 Å². The largest absolute Gasteiger partial charge is 0.490 e. The first kappa shape index (κ1) is 20.0. The smallest absolute Gasteiger partial charge is 0.263 e. The third-order valence-corrected chi connectivity index (χ3v) is 7.19. The van der Waals surface area contributed by atoms with Gasteiger partial charge in [-0.3, -0.25) is 14.2 Å². The van der Waals surface area contributed by atoms with E-state index in [9.17, 15) is 9.59 Å². The Labute approximate surface area is 187 Å². The first-order valence-electron chi connectivity index (χ1n) is 10.2. The number of anilines is 1. The summed E-state index contributed by atoms with van der Waals surface area (Å²) in [5, 5.41) is 7.34. The highest BCUT2D eigenvalue weighted by molar-refractivity contribution is 7.18. The van der Waals surface area contributed by atoms with E-state index < -0.39 is 0 Å². The van der Waals surface area contributed by atoms with Crippen molar-refractivity contribution >= 4 is 44.5 Å². The minimum atomic E-state index is -0.277. The van der Waals surface area contributed by atoms with Crippen LogP contribution in [-0.4, -0.2) is 21.6 Å². The van der Waals surface area contributed by atoms with Gasteiger partial charge >= 0.3 is 0 Å². The summed E-state index contributed by atoms with van der Waals surface area (Å²) in [6.07, 6.45) is 6.38. The van der Waals surface area contributed by atoms with Crippen LogP contribution in [0.15, 0.2) is 58.3 Å². The number of nitrogens with zero attached hydrogens (tertiary/aromatic N) is 2. The Morgan fingerprint density at radius 1 is 1.16 bits per heavy atom. The van der Waals surface area contributed by atoms with Crippen LogP contribution in [0.2, 0.25) is 0 Å². The van der Waals surface area contributed by atoms with Gasteiger partial charge in [-0.15, -0.1) is 22.7 Å². The lowest BCUT2D eigenvalue weighted by Gasteiger charge is -2.13. The highest BCUT2D eigenvalue weighted by Crippen LogP contribution is 2.33. The summed E-state index contributed by atoms with van der Waals surface area (Å²) in [5.74, 6) is 0.537. The topological polar surface area (TPSA) is 73.2 Å². The number of ether oxygens (including phenoxy) is 1. The van der Waals surface area contributed by atoms with E-state index >= 15 is 0 Å². The van der Waals surface area contributed by atoms with Gasteiger partial charge in [0.15, 0.2) is 0 Å². The first-order valence-corrected chi connectivity index (χ1v) is 12.0. The molecule has 1 amide bonds. The number of aromatic nitrogens is 2. The maximum atomic E-state index is 13.0. The van der Waals surface area contributed by atoms with Crippen LogP contribution in [0.1, 0.15) is 25.7 Å². The van der Waals surface area contributed by atoms with Crippen molar-refractivity contribution in [2.75, 3.05) is 5.32 Å². The molecule has 158 valence electrons. The fourth-order valence-corrected chi connectivity index (χ4v) is 5.58. The van der Waals surface area contributed by atoms with Crippen molar-refractivity contribution in [3.8, 4) is 16.2 Å². The van der Waals surface area contributed by atoms with Gasteiger partial charge in [0.25, 0.3) is 5.56 Å². The van der Waals surface area contributed by atoms with Gasteiger partial charge in [-0.05, 0) is 61.4 Å². The van der Waals surface area contributed by atoms with Crippen molar-refractivity contribution in [2.45, 2.75) is 38.3 Å². The molecule has 0 atom stereocenters. The maximum absolute atomic E-state index is 13.0. The summed E-state index contributed by atoms with van der Waals surface area (Å²) in [4.78, 5) is 31.7. The van der Waals surface area contributed by atoms with Gasteiger partial charge in [0.1, 0.15) is 17.1 Å². The van der Waals surface area contributed by atoms with E-state index in [-0.39, 0.29) is 18.0 Å². The fourth-order valence-electron chi connectivity index (χ4n) is 3.86. The SMILES string of the molecule is O=C(Cn1cnc2scc(-c3cccs3)c2c1=O)Nc1ccc(OC2CCCC2)cc1. The number of amides is 1. The number of hydrogen-bond acceptors (Lipinski definition) is 6. The molecular formula is C23H21N3O3S2. The molecule has 1 N–H and O–H groups in total. The third-order valence-electron chi connectivity index (χ3n) is 5.40. The van der Waals surface area contributed by atoms with Crippen LogP contribution in [0, 0.1) is 0 Å². The van der Waals surface area contributed by atoms with Crippen LogP contribution in [-0.2, 0) is 11.3 Å². The van der Waals surface area contributed by atoms with Gasteiger partial charge in [0.05, 0.1) is 17.8 Å². The average Bonchev–Trinajstić information content (AvgIpc) is 3.53. The Bertz CT molecular complexity index is 1250. The molecule has 0 aliphatic heterocycles. The zero-order valence-electron chi connectivity index (χ0n) is 16.7. The number of hydrogen-bond donors (Lipinski definition) is 1. The van der Waals surface area contributed by atoms with Crippen molar-refractivity contribution in [1.82, 2.24) is 9.55 Å². The Morgan fingerprint density at radius 2 is 1.97 bits per heavy atom. The number of benzene rings is 1. The van der Waals surface area contributed by atoms with Crippen molar-refractivity contribution in [3.63, 3.8) is 0 Å². The van der Waals surface area contributed by atoms with Crippen molar-refractivity contribution in [1.29, 1.82) is 0 Å². The quantitative estimate of drug-likeness (QED) is 0.440. The van der Waals surface area contributed by atoms with E-state index in [2.05, 4.69) is 10.3 Å². The molecule has 3 heterocycles. The Hall–Kier alpha value is -2.97. The van der Waals surface area contributed by atoms with Crippen molar-refractivity contribution < 1.29 is 9.53 Å². The Morgan fingerprint density at radius 3 is 2.71 bits per heavy atom. The predicted octanol–water partition coefficient (Wildman–Crippen LogP) is 5.15. The number of rotatable bonds is 6. The molecule has 0 radical (unpaired) electrons. The molecule has 31 heavy (non-hydrogen) atoms. The van der Waals surface area contributed by atoms with Gasteiger partial charge < -0.3 is 10.1 Å². The maximum Gasteiger partial charge on any atom is 0.263 e. The number of thiophene rings is 2. The average molecular weight is 452 g/mol. The molecule has 1 aromatic carbocycles.